The van der Waals surface area contributed by atoms with E-state index in [9.17, 15) is 4.79 Å². The summed E-state index contributed by atoms with van der Waals surface area (Å²) in [6.45, 7) is -0.153. The number of thiocarbonyl (C=S) groups is 1. The first-order valence-electron chi connectivity index (χ1n) is 9.21. The molecule has 2 aromatic carbocycles. The molecule has 162 valence electrons. The highest BCUT2D eigenvalue weighted by atomic mass is 32.1. The molecule has 3 rings (SSSR count). The van der Waals surface area contributed by atoms with Crippen LogP contribution in [0.15, 0.2) is 52.9 Å². The lowest BCUT2D eigenvalue weighted by Crippen LogP contribution is -2.34. The zero-order valence-corrected chi connectivity index (χ0v) is 18.0. The van der Waals surface area contributed by atoms with Crippen molar-refractivity contribution >= 4 is 28.9 Å². The van der Waals surface area contributed by atoms with Crippen molar-refractivity contribution in [2.45, 2.75) is 6.61 Å². The number of anilines is 1. The fraction of sp³-hybridized carbons (Fsp3) is 0.182. The Morgan fingerprint density at radius 2 is 1.65 bits per heavy atom. The summed E-state index contributed by atoms with van der Waals surface area (Å²) in [6.07, 6.45) is 0. The van der Waals surface area contributed by atoms with E-state index < -0.39 is 5.91 Å². The van der Waals surface area contributed by atoms with Crippen molar-refractivity contribution in [3.8, 4) is 28.6 Å². The van der Waals surface area contributed by atoms with Crippen molar-refractivity contribution in [3.63, 3.8) is 0 Å². The number of hydrogen-bond acceptors (Lipinski definition) is 7. The van der Waals surface area contributed by atoms with Crippen LogP contribution in [-0.4, -0.2) is 37.5 Å². The molecule has 0 radical (unpaired) electrons. The van der Waals surface area contributed by atoms with Crippen LogP contribution < -0.4 is 24.8 Å². The van der Waals surface area contributed by atoms with Crippen LogP contribution in [0.25, 0.3) is 11.3 Å². The maximum Gasteiger partial charge on any atom is 0.257 e. The molecule has 3 aromatic rings. The molecule has 8 nitrogen and oxygen atoms in total. The second-order valence-corrected chi connectivity index (χ2v) is 6.73. The summed E-state index contributed by atoms with van der Waals surface area (Å²) >= 11 is 5.25. The summed E-state index contributed by atoms with van der Waals surface area (Å²) in [5.74, 6) is 1.83. The van der Waals surface area contributed by atoms with Gasteiger partial charge in [0.2, 0.25) is 5.75 Å². The third kappa shape index (κ3) is 5.14. The van der Waals surface area contributed by atoms with Crippen LogP contribution in [0.4, 0.5) is 5.69 Å². The first-order valence-corrected chi connectivity index (χ1v) is 9.62. The lowest BCUT2D eigenvalue weighted by molar-refractivity contribution is 0.0977. The molecule has 0 saturated carbocycles. The van der Waals surface area contributed by atoms with E-state index in [1.165, 1.54) is 33.5 Å². The number of hydrogen-bond donors (Lipinski definition) is 3. The second kappa shape index (κ2) is 9.96. The molecule has 1 amide bonds. The fourth-order valence-corrected chi connectivity index (χ4v) is 3.10. The number of benzene rings is 2. The predicted octanol–water partition coefficient (Wildman–Crippen LogP) is 3.59. The van der Waals surface area contributed by atoms with Gasteiger partial charge in [0.1, 0.15) is 18.1 Å². The number of methoxy groups -OCH3 is 3. The SMILES string of the molecule is COc1cc(C(=O)NC(=S)Nc2ccc(-c3ccc(CO)o3)cc2)cc(OC)c1OC. The number of amides is 1. The van der Waals surface area contributed by atoms with Gasteiger partial charge in [0, 0.05) is 16.8 Å². The van der Waals surface area contributed by atoms with Gasteiger partial charge < -0.3 is 29.1 Å². The highest BCUT2D eigenvalue weighted by molar-refractivity contribution is 7.80. The Morgan fingerprint density at radius 1 is 1.00 bits per heavy atom. The smallest absolute Gasteiger partial charge is 0.257 e. The van der Waals surface area contributed by atoms with Crippen molar-refractivity contribution in [1.82, 2.24) is 5.32 Å². The summed E-state index contributed by atoms with van der Waals surface area (Å²) in [4.78, 5) is 12.6. The van der Waals surface area contributed by atoms with E-state index in [1.54, 1.807) is 24.3 Å². The third-order valence-corrected chi connectivity index (χ3v) is 4.60. The monoisotopic (exact) mass is 442 g/mol. The van der Waals surface area contributed by atoms with E-state index in [2.05, 4.69) is 10.6 Å². The first kappa shape index (κ1) is 22.1. The molecule has 0 spiro atoms. The van der Waals surface area contributed by atoms with Gasteiger partial charge in [0.25, 0.3) is 5.91 Å². The van der Waals surface area contributed by atoms with Gasteiger partial charge in [-0.1, -0.05) is 0 Å². The number of carbonyl (C=O) groups is 1. The Labute approximate surface area is 184 Å². The minimum Gasteiger partial charge on any atom is -0.493 e. The van der Waals surface area contributed by atoms with Crippen molar-refractivity contribution in [1.29, 1.82) is 0 Å². The van der Waals surface area contributed by atoms with Gasteiger partial charge in [-0.2, -0.15) is 0 Å². The van der Waals surface area contributed by atoms with E-state index in [1.807, 2.05) is 12.1 Å². The quantitative estimate of drug-likeness (QED) is 0.477. The van der Waals surface area contributed by atoms with Crippen LogP contribution in [0.1, 0.15) is 16.1 Å². The molecule has 0 aliphatic heterocycles. The number of rotatable bonds is 7. The van der Waals surface area contributed by atoms with Gasteiger partial charge >= 0.3 is 0 Å². The van der Waals surface area contributed by atoms with Crippen LogP contribution in [-0.2, 0) is 6.61 Å². The van der Waals surface area contributed by atoms with E-state index in [0.717, 1.165) is 5.56 Å². The molecule has 0 aliphatic carbocycles. The Bertz CT molecular complexity index is 1050. The van der Waals surface area contributed by atoms with Crippen molar-refractivity contribution < 1.29 is 28.5 Å². The molecule has 0 saturated heterocycles. The van der Waals surface area contributed by atoms with E-state index in [4.69, 9.17) is 36.0 Å². The van der Waals surface area contributed by atoms with Crippen LogP contribution in [0.3, 0.4) is 0 Å². The van der Waals surface area contributed by atoms with Gasteiger partial charge in [-0.3, -0.25) is 10.1 Å². The van der Waals surface area contributed by atoms with Gasteiger partial charge in [-0.25, -0.2) is 0 Å². The van der Waals surface area contributed by atoms with Gasteiger partial charge in [0.15, 0.2) is 16.6 Å². The van der Waals surface area contributed by atoms with E-state index >= 15 is 0 Å². The summed E-state index contributed by atoms with van der Waals surface area (Å²) in [5, 5.41) is 14.8. The highest BCUT2D eigenvalue weighted by Gasteiger charge is 2.17. The zero-order chi connectivity index (χ0) is 22.4. The first-order chi connectivity index (χ1) is 15.0. The molecule has 31 heavy (non-hydrogen) atoms. The Kier molecular flexibility index (Phi) is 7.11. The van der Waals surface area contributed by atoms with Gasteiger partial charge in [0.05, 0.1) is 21.3 Å². The molecule has 1 heterocycles. The molecule has 1 aromatic heterocycles. The number of aliphatic hydroxyl groups excluding tert-OH is 1. The van der Waals surface area contributed by atoms with Gasteiger partial charge in [-0.05, 0) is 60.7 Å². The van der Waals surface area contributed by atoms with Crippen LogP contribution in [0.2, 0.25) is 0 Å². The lowest BCUT2D eigenvalue weighted by atomic mass is 10.1. The Balaban J connectivity index is 1.67. The molecular formula is C22H22N2O6S. The van der Waals surface area contributed by atoms with Crippen molar-refractivity contribution in [3.05, 3.63) is 59.9 Å². The number of aliphatic hydroxyl groups is 1. The minimum atomic E-state index is -0.430. The maximum atomic E-state index is 12.6. The summed E-state index contributed by atoms with van der Waals surface area (Å²) in [7, 11) is 4.44. The molecule has 0 fully saturated rings. The average molecular weight is 442 g/mol. The average Bonchev–Trinajstić information content (AvgIpc) is 3.27. The standard InChI is InChI=1S/C22H22N2O6S/c1-27-18-10-14(11-19(28-2)20(18)29-3)21(26)24-22(31)23-15-6-4-13(5-7-15)17-9-8-16(12-25)30-17/h4-11,25H,12H2,1-3H3,(H2,23,24,26,31). The lowest BCUT2D eigenvalue weighted by Gasteiger charge is -2.14. The predicted molar refractivity (Wildman–Crippen MR) is 120 cm³/mol. The number of carbonyl (C=O) groups excluding carboxylic acids is 1. The summed E-state index contributed by atoms with van der Waals surface area (Å²) < 4.78 is 21.3. The molecule has 9 heteroatoms. The van der Waals surface area contributed by atoms with Crippen LogP contribution in [0, 0.1) is 0 Å². The molecular weight excluding hydrogens is 420 g/mol. The van der Waals surface area contributed by atoms with Crippen LogP contribution in [0.5, 0.6) is 17.2 Å². The minimum absolute atomic E-state index is 0.132. The third-order valence-electron chi connectivity index (χ3n) is 4.40. The van der Waals surface area contributed by atoms with Gasteiger partial charge in [-0.15, -0.1) is 0 Å². The zero-order valence-electron chi connectivity index (χ0n) is 17.2. The van der Waals surface area contributed by atoms with Crippen LogP contribution >= 0.6 is 12.2 Å². The van der Waals surface area contributed by atoms with E-state index in [-0.39, 0.29) is 11.7 Å². The topological polar surface area (TPSA) is 102 Å². The van der Waals surface area contributed by atoms with Crippen molar-refractivity contribution in [2.75, 3.05) is 26.6 Å². The number of nitrogens with one attached hydrogen (secondary N) is 2. The Hall–Kier alpha value is -3.56. The Morgan fingerprint density at radius 3 is 2.16 bits per heavy atom. The number of furan rings is 1. The largest absolute Gasteiger partial charge is 0.493 e. The molecule has 0 unspecified atom stereocenters. The highest BCUT2D eigenvalue weighted by Crippen LogP contribution is 2.38. The molecule has 0 atom stereocenters. The maximum absolute atomic E-state index is 12.6. The number of ether oxygens (including phenoxy) is 3. The summed E-state index contributed by atoms with van der Waals surface area (Å²) in [6, 6.07) is 13.9. The summed E-state index contributed by atoms with van der Waals surface area (Å²) in [5.41, 5.74) is 1.83. The van der Waals surface area contributed by atoms with Crippen molar-refractivity contribution in [2.24, 2.45) is 0 Å². The normalized spacial score (nSPS) is 10.3. The molecule has 0 bridgehead atoms. The molecule has 0 aliphatic rings. The van der Waals surface area contributed by atoms with E-state index in [0.29, 0.717) is 40.0 Å². The molecule has 3 N–H and O–H groups in total. The second-order valence-electron chi connectivity index (χ2n) is 6.32. The fourth-order valence-electron chi connectivity index (χ4n) is 2.89.